The molecule has 0 bridgehead atoms. The van der Waals surface area contributed by atoms with E-state index in [-0.39, 0.29) is 11.1 Å². The van der Waals surface area contributed by atoms with Crippen LogP contribution in [0, 0.1) is 0 Å². The highest BCUT2D eigenvalue weighted by atomic mass is 32.1. The van der Waals surface area contributed by atoms with Gasteiger partial charge in [-0.3, -0.25) is 0 Å². The van der Waals surface area contributed by atoms with Gasteiger partial charge in [0.1, 0.15) is 22.5 Å². The molecule has 0 saturated carbocycles. The lowest BCUT2D eigenvalue weighted by Gasteiger charge is -2.13. The van der Waals surface area contributed by atoms with Crippen molar-refractivity contribution in [3.63, 3.8) is 0 Å². The second kappa shape index (κ2) is 4.55. The smallest absolute Gasteiger partial charge is 0.148 e. The van der Waals surface area contributed by atoms with Crippen LogP contribution >= 0.6 is 12.2 Å². The topological polar surface area (TPSA) is 57.4 Å². The largest absolute Gasteiger partial charge is 0.486 e. The highest BCUT2D eigenvalue weighted by molar-refractivity contribution is 7.80. The molecule has 1 aromatic rings. The van der Waals surface area contributed by atoms with E-state index in [2.05, 4.69) is 4.98 Å². The highest BCUT2D eigenvalue weighted by Crippen LogP contribution is 2.19. The van der Waals surface area contributed by atoms with E-state index in [9.17, 15) is 0 Å². The number of nitrogens with zero attached hydrogens (tertiary/aromatic N) is 1. The molecule has 2 rings (SSSR count). The Morgan fingerprint density at radius 2 is 2.53 bits per heavy atom. The van der Waals surface area contributed by atoms with Crippen LogP contribution in [0.2, 0.25) is 0 Å². The summed E-state index contributed by atoms with van der Waals surface area (Å²) in [6.07, 6.45) is 2.63. The summed E-state index contributed by atoms with van der Waals surface area (Å²) >= 11 is 4.89. The highest BCUT2D eigenvalue weighted by Gasteiger charge is 2.19. The quantitative estimate of drug-likeness (QED) is 0.772. The SMILES string of the molecule is NC(=S)c1ncccc1OC1CCOC1. The van der Waals surface area contributed by atoms with Crippen molar-refractivity contribution in [1.29, 1.82) is 0 Å². The molecule has 0 radical (unpaired) electrons. The molecule has 1 aliphatic heterocycles. The first-order chi connectivity index (χ1) is 7.27. The summed E-state index contributed by atoms with van der Waals surface area (Å²) < 4.78 is 10.9. The fraction of sp³-hybridized carbons (Fsp3) is 0.400. The molecule has 0 amide bonds. The molecule has 2 N–H and O–H groups in total. The van der Waals surface area contributed by atoms with Gasteiger partial charge in [-0.15, -0.1) is 0 Å². The minimum Gasteiger partial charge on any atom is -0.486 e. The summed E-state index contributed by atoms with van der Waals surface area (Å²) in [6.45, 7) is 1.36. The van der Waals surface area contributed by atoms with E-state index >= 15 is 0 Å². The lowest BCUT2D eigenvalue weighted by molar-refractivity contribution is 0.141. The van der Waals surface area contributed by atoms with Crippen molar-refractivity contribution in [1.82, 2.24) is 4.98 Å². The molecule has 80 valence electrons. The summed E-state index contributed by atoms with van der Waals surface area (Å²) in [6, 6.07) is 3.62. The summed E-state index contributed by atoms with van der Waals surface area (Å²) in [5.41, 5.74) is 6.09. The van der Waals surface area contributed by atoms with Crippen molar-refractivity contribution in [2.45, 2.75) is 12.5 Å². The Hall–Kier alpha value is -1.20. The van der Waals surface area contributed by atoms with Crippen LogP contribution in [-0.2, 0) is 4.74 Å². The number of hydrogen-bond acceptors (Lipinski definition) is 4. The third-order valence-corrected chi connectivity index (χ3v) is 2.38. The van der Waals surface area contributed by atoms with Crippen LogP contribution < -0.4 is 10.5 Å². The maximum Gasteiger partial charge on any atom is 0.148 e. The van der Waals surface area contributed by atoms with Crippen LogP contribution in [0.5, 0.6) is 5.75 Å². The second-order valence-corrected chi connectivity index (χ2v) is 3.76. The van der Waals surface area contributed by atoms with Crippen molar-refractivity contribution < 1.29 is 9.47 Å². The molecule has 1 fully saturated rings. The van der Waals surface area contributed by atoms with Crippen molar-refractivity contribution in [2.24, 2.45) is 5.73 Å². The molecule has 1 aromatic heterocycles. The van der Waals surface area contributed by atoms with Crippen LogP contribution in [0.4, 0.5) is 0 Å². The normalized spacial score (nSPS) is 20.1. The zero-order valence-electron chi connectivity index (χ0n) is 8.18. The molecular formula is C10H12N2O2S. The Labute approximate surface area is 93.4 Å². The number of nitrogens with two attached hydrogens (primary N) is 1. The predicted molar refractivity (Wildman–Crippen MR) is 60.0 cm³/mol. The fourth-order valence-corrected chi connectivity index (χ4v) is 1.61. The number of rotatable bonds is 3. The van der Waals surface area contributed by atoms with Gasteiger partial charge in [-0.2, -0.15) is 0 Å². The number of aromatic nitrogens is 1. The van der Waals surface area contributed by atoms with Crippen LogP contribution in [-0.4, -0.2) is 29.3 Å². The van der Waals surface area contributed by atoms with Gasteiger partial charge in [0, 0.05) is 12.6 Å². The number of hydrogen-bond donors (Lipinski definition) is 1. The van der Waals surface area contributed by atoms with E-state index < -0.39 is 0 Å². The zero-order valence-corrected chi connectivity index (χ0v) is 9.00. The van der Waals surface area contributed by atoms with E-state index in [1.165, 1.54) is 0 Å². The van der Waals surface area contributed by atoms with Gasteiger partial charge < -0.3 is 15.2 Å². The van der Waals surface area contributed by atoms with Gasteiger partial charge in [-0.25, -0.2) is 4.98 Å². The summed E-state index contributed by atoms with van der Waals surface area (Å²) in [4.78, 5) is 4.34. The molecule has 0 aromatic carbocycles. The first kappa shape index (κ1) is 10.3. The molecule has 1 saturated heterocycles. The van der Waals surface area contributed by atoms with Crippen LogP contribution in [0.15, 0.2) is 18.3 Å². The van der Waals surface area contributed by atoms with Crippen molar-refractivity contribution in [3.8, 4) is 5.75 Å². The molecule has 2 heterocycles. The Balaban J connectivity index is 2.15. The first-order valence-electron chi connectivity index (χ1n) is 4.76. The summed E-state index contributed by atoms with van der Waals surface area (Å²) in [5.74, 6) is 0.639. The maximum absolute atomic E-state index is 5.71. The van der Waals surface area contributed by atoms with Gasteiger partial charge in [-0.1, -0.05) is 12.2 Å². The average molecular weight is 224 g/mol. The number of thiocarbonyl (C=S) groups is 1. The molecule has 5 heteroatoms. The molecule has 1 unspecified atom stereocenters. The number of pyridine rings is 1. The van der Waals surface area contributed by atoms with Crippen LogP contribution in [0.25, 0.3) is 0 Å². The molecular weight excluding hydrogens is 212 g/mol. The van der Waals surface area contributed by atoms with Crippen molar-refractivity contribution in [2.75, 3.05) is 13.2 Å². The van der Waals surface area contributed by atoms with E-state index in [0.717, 1.165) is 13.0 Å². The minimum absolute atomic E-state index is 0.0855. The zero-order chi connectivity index (χ0) is 10.7. The second-order valence-electron chi connectivity index (χ2n) is 3.32. The first-order valence-corrected chi connectivity index (χ1v) is 5.17. The van der Waals surface area contributed by atoms with Gasteiger partial charge in [0.05, 0.1) is 13.2 Å². The van der Waals surface area contributed by atoms with Crippen molar-refractivity contribution in [3.05, 3.63) is 24.0 Å². The Morgan fingerprint density at radius 3 is 3.20 bits per heavy atom. The van der Waals surface area contributed by atoms with Crippen LogP contribution in [0.3, 0.4) is 0 Å². The standard InChI is InChI=1S/C10H12N2O2S/c11-10(15)9-8(2-1-4-12-9)14-7-3-5-13-6-7/h1-2,4,7H,3,5-6H2,(H2,11,15). The molecule has 0 aliphatic carbocycles. The molecule has 1 atom stereocenters. The Kier molecular flexibility index (Phi) is 3.13. The third-order valence-electron chi connectivity index (χ3n) is 2.19. The summed E-state index contributed by atoms with van der Waals surface area (Å²) in [7, 11) is 0. The minimum atomic E-state index is 0.0855. The van der Waals surface area contributed by atoms with Gasteiger partial charge in [0.2, 0.25) is 0 Å². The van der Waals surface area contributed by atoms with Crippen molar-refractivity contribution >= 4 is 17.2 Å². The predicted octanol–water partition coefficient (Wildman–Crippen LogP) is 0.883. The molecule has 4 nitrogen and oxygen atoms in total. The van der Waals surface area contributed by atoms with Gasteiger partial charge in [-0.05, 0) is 12.1 Å². The fourth-order valence-electron chi connectivity index (χ4n) is 1.46. The Bertz CT molecular complexity index is 364. The number of ether oxygens (including phenoxy) is 2. The van der Waals surface area contributed by atoms with E-state index in [0.29, 0.717) is 18.1 Å². The summed E-state index contributed by atoms with van der Waals surface area (Å²) in [5, 5.41) is 0. The van der Waals surface area contributed by atoms with Gasteiger partial charge in [0.15, 0.2) is 0 Å². The maximum atomic E-state index is 5.71. The van der Waals surface area contributed by atoms with Crippen LogP contribution in [0.1, 0.15) is 12.1 Å². The van der Waals surface area contributed by atoms with Gasteiger partial charge >= 0.3 is 0 Å². The third kappa shape index (κ3) is 2.43. The average Bonchev–Trinajstić information content (AvgIpc) is 2.71. The molecule has 0 spiro atoms. The van der Waals surface area contributed by atoms with Gasteiger partial charge in [0.25, 0.3) is 0 Å². The Morgan fingerprint density at radius 1 is 1.67 bits per heavy atom. The lowest BCUT2D eigenvalue weighted by atomic mass is 10.3. The monoisotopic (exact) mass is 224 g/mol. The molecule has 1 aliphatic rings. The van der Waals surface area contributed by atoms with E-state index in [1.807, 2.05) is 6.07 Å². The lowest BCUT2D eigenvalue weighted by Crippen LogP contribution is -2.20. The van der Waals surface area contributed by atoms with E-state index in [1.54, 1.807) is 12.3 Å². The van der Waals surface area contributed by atoms with E-state index in [4.69, 9.17) is 27.4 Å². The molecule has 15 heavy (non-hydrogen) atoms.